The Kier molecular flexibility index (Phi) is 5.01. The Morgan fingerprint density at radius 2 is 1.92 bits per heavy atom. The largest absolute Gasteiger partial charge is 0.504 e. The summed E-state index contributed by atoms with van der Waals surface area (Å²) in [5.74, 6) is -0.207. The van der Waals surface area contributed by atoms with Gasteiger partial charge in [0.25, 0.3) is 15.9 Å². The van der Waals surface area contributed by atoms with Gasteiger partial charge in [-0.25, -0.2) is 0 Å². The minimum absolute atomic E-state index is 0.0177. The first-order valence-electron chi connectivity index (χ1n) is 7.37. The Hall–Kier alpha value is -2.78. The van der Waals surface area contributed by atoms with Crippen LogP contribution in [0.2, 0.25) is 0 Å². The van der Waals surface area contributed by atoms with Gasteiger partial charge in [0, 0.05) is 0 Å². The number of phenolic OH excluding ortho intramolecular Hbond substituents is 1. The average Bonchev–Trinajstić information content (AvgIpc) is 2.95. The van der Waals surface area contributed by atoms with E-state index < -0.39 is 15.9 Å². The van der Waals surface area contributed by atoms with Crippen LogP contribution < -0.4 is 10.1 Å². The molecule has 0 atom stereocenters. The molecule has 0 unspecified atom stereocenters. The number of hydrogen-bond acceptors (Lipinski definition) is 6. The van der Waals surface area contributed by atoms with E-state index in [2.05, 4.69) is 9.71 Å². The summed E-state index contributed by atoms with van der Waals surface area (Å²) in [5.41, 5.74) is 0.615. The highest BCUT2D eigenvalue weighted by molar-refractivity contribution is 8.19. The molecule has 0 aromatic heterocycles. The number of carbonyl (C=O) groups is 1. The maximum Gasteiger partial charge on any atom is 0.284 e. The lowest BCUT2D eigenvalue weighted by molar-refractivity contribution is -0.115. The van der Waals surface area contributed by atoms with Gasteiger partial charge in [0.05, 0.1) is 16.9 Å². The van der Waals surface area contributed by atoms with Crippen molar-refractivity contribution in [3.8, 4) is 11.5 Å². The molecule has 1 amide bonds. The topological polar surface area (TPSA) is 105 Å². The molecular formula is C17H14N2O5S2. The summed E-state index contributed by atoms with van der Waals surface area (Å²) < 4.78 is 33.2. The van der Waals surface area contributed by atoms with Crippen molar-refractivity contribution < 1.29 is 23.1 Å². The number of sulfonamides is 1. The van der Waals surface area contributed by atoms with Crippen molar-refractivity contribution >= 4 is 38.9 Å². The predicted molar refractivity (Wildman–Crippen MR) is 99.4 cm³/mol. The van der Waals surface area contributed by atoms with Gasteiger partial charge >= 0.3 is 0 Å². The van der Waals surface area contributed by atoms with Crippen molar-refractivity contribution in [2.75, 3.05) is 7.11 Å². The Morgan fingerprint density at radius 3 is 2.62 bits per heavy atom. The lowest BCUT2D eigenvalue weighted by Gasteiger charge is -2.03. The number of phenols is 1. The third-order valence-electron chi connectivity index (χ3n) is 3.40. The molecule has 26 heavy (non-hydrogen) atoms. The van der Waals surface area contributed by atoms with E-state index in [4.69, 9.17) is 4.74 Å². The first-order valence-corrected chi connectivity index (χ1v) is 9.62. The molecule has 0 aliphatic carbocycles. The summed E-state index contributed by atoms with van der Waals surface area (Å²) in [6.07, 6.45) is 1.56. The number of nitrogens with zero attached hydrogens (tertiary/aromatic N) is 1. The van der Waals surface area contributed by atoms with E-state index in [0.717, 1.165) is 11.8 Å². The number of aromatic hydroxyl groups is 1. The Labute approximate surface area is 154 Å². The fourth-order valence-corrected chi connectivity index (χ4v) is 4.17. The molecule has 3 rings (SSSR count). The van der Waals surface area contributed by atoms with Crippen LogP contribution in [-0.4, -0.2) is 31.7 Å². The van der Waals surface area contributed by atoms with Crippen LogP contribution in [0.25, 0.3) is 6.08 Å². The van der Waals surface area contributed by atoms with Crippen LogP contribution in [0.3, 0.4) is 0 Å². The minimum Gasteiger partial charge on any atom is -0.504 e. The Bertz CT molecular complexity index is 1010. The molecule has 1 aliphatic heterocycles. The average molecular weight is 390 g/mol. The number of amides is 1. The van der Waals surface area contributed by atoms with Gasteiger partial charge in [0.15, 0.2) is 16.7 Å². The number of amidine groups is 1. The highest BCUT2D eigenvalue weighted by Gasteiger charge is 2.26. The van der Waals surface area contributed by atoms with Gasteiger partial charge in [-0.3, -0.25) is 10.1 Å². The van der Waals surface area contributed by atoms with Crippen molar-refractivity contribution in [3.05, 3.63) is 59.0 Å². The summed E-state index contributed by atoms with van der Waals surface area (Å²) in [5, 5.41) is 12.0. The second-order valence-electron chi connectivity index (χ2n) is 5.18. The first-order chi connectivity index (χ1) is 12.4. The van der Waals surface area contributed by atoms with E-state index in [1.54, 1.807) is 36.4 Å². The lowest BCUT2D eigenvalue weighted by Crippen LogP contribution is -2.20. The van der Waals surface area contributed by atoms with Crippen LogP contribution in [0.4, 0.5) is 0 Å². The molecule has 1 fully saturated rings. The quantitative estimate of drug-likeness (QED) is 0.777. The van der Waals surface area contributed by atoms with Gasteiger partial charge in [-0.15, -0.1) is 4.40 Å². The number of carbonyl (C=O) groups excluding carboxylic acids is 1. The number of nitrogens with one attached hydrogen (secondary N) is 1. The number of rotatable bonds is 4. The molecule has 2 aromatic carbocycles. The fourth-order valence-electron chi connectivity index (χ4n) is 2.16. The standard InChI is InChI=1S/C17H14N2O5S2/c1-24-14-9-11(7-8-13(14)20)10-15-16(21)18-17(25-15)19-26(22,23)12-5-3-2-4-6-12/h2-10,20H,1H3,(H,18,19,21). The second kappa shape index (κ2) is 7.22. The highest BCUT2D eigenvalue weighted by atomic mass is 32.2. The summed E-state index contributed by atoms with van der Waals surface area (Å²) in [6, 6.07) is 12.4. The fraction of sp³-hybridized carbons (Fsp3) is 0.0588. The van der Waals surface area contributed by atoms with Gasteiger partial charge in [-0.05, 0) is 47.7 Å². The van der Waals surface area contributed by atoms with E-state index in [9.17, 15) is 18.3 Å². The van der Waals surface area contributed by atoms with Crippen molar-refractivity contribution in [2.45, 2.75) is 4.90 Å². The smallest absolute Gasteiger partial charge is 0.284 e. The molecule has 0 radical (unpaired) electrons. The summed E-state index contributed by atoms with van der Waals surface area (Å²) in [6.45, 7) is 0. The third kappa shape index (κ3) is 3.89. The summed E-state index contributed by atoms with van der Waals surface area (Å²) >= 11 is 0.921. The van der Waals surface area contributed by atoms with Crippen LogP contribution in [0, 0.1) is 0 Å². The SMILES string of the molecule is COc1cc(C=C2SC(=NS(=O)(=O)c3ccccc3)NC2=O)ccc1O. The molecule has 9 heteroatoms. The van der Waals surface area contributed by atoms with Crippen LogP contribution >= 0.6 is 11.8 Å². The zero-order valence-electron chi connectivity index (χ0n) is 13.5. The zero-order valence-corrected chi connectivity index (χ0v) is 15.2. The van der Waals surface area contributed by atoms with Crippen LogP contribution in [0.15, 0.2) is 62.7 Å². The van der Waals surface area contributed by atoms with Crippen LogP contribution in [0.5, 0.6) is 11.5 Å². The monoisotopic (exact) mass is 390 g/mol. The number of benzene rings is 2. The van der Waals surface area contributed by atoms with E-state index in [1.807, 2.05) is 0 Å². The summed E-state index contributed by atoms with van der Waals surface area (Å²) in [7, 11) is -2.49. The molecule has 1 heterocycles. The highest BCUT2D eigenvalue weighted by Crippen LogP contribution is 2.31. The minimum atomic E-state index is -3.91. The van der Waals surface area contributed by atoms with Crippen LogP contribution in [-0.2, 0) is 14.8 Å². The Morgan fingerprint density at radius 1 is 1.19 bits per heavy atom. The molecule has 0 saturated carbocycles. The van der Waals surface area contributed by atoms with E-state index in [1.165, 1.54) is 25.3 Å². The zero-order chi connectivity index (χ0) is 18.7. The molecule has 7 nitrogen and oxygen atoms in total. The van der Waals surface area contributed by atoms with E-state index in [0.29, 0.717) is 5.56 Å². The van der Waals surface area contributed by atoms with E-state index >= 15 is 0 Å². The molecule has 2 aromatic rings. The Balaban J connectivity index is 1.87. The van der Waals surface area contributed by atoms with Gasteiger partial charge in [0.2, 0.25) is 0 Å². The molecule has 1 aliphatic rings. The van der Waals surface area contributed by atoms with Gasteiger partial charge < -0.3 is 9.84 Å². The molecule has 0 bridgehead atoms. The lowest BCUT2D eigenvalue weighted by atomic mass is 10.2. The molecule has 2 N–H and O–H groups in total. The molecule has 134 valence electrons. The number of thioether (sulfide) groups is 1. The van der Waals surface area contributed by atoms with Crippen molar-refractivity contribution in [3.63, 3.8) is 0 Å². The number of ether oxygens (including phenoxy) is 1. The second-order valence-corrected chi connectivity index (χ2v) is 7.82. The summed E-state index contributed by atoms with van der Waals surface area (Å²) in [4.78, 5) is 12.4. The first kappa shape index (κ1) is 18.0. The number of methoxy groups -OCH3 is 1. The third-order valence-corrected chi connectivity index (χ3v) is 5.71. The van der Waals surface area contributed by atoms with Gasteiger partial charge in [0.1, 0.15) is 0 Å². The van der Waals surface area contributed by atoms with E-state index in [-0.39, 0.29) is 26.5 Å². The van der Waals surface area contributed by atoms with Crippen molar-refractivity contribution in [1.82, 2.24) is 5.32 Å². The number of hydrogen-bond donors (Lipinski definition) is 2. The van der Waals surface area contributed by atoms with Crippen LogP contribution in [0.1, 0.15) is 5.56 Å². The molecule has 1 saturated heterocycles. The predicted octanol–water partition coefficient (Wildman–Crippen LogP) is 2.35. The maximum absolute atomic E-state index is 12.3. The molecule has 0 spiro atoms. The van der Waals surface area contributed by atoms with Crippen molar-refractivity contribution in [2.24, 2.45) is 4.40 Å². The van der Waals surface area contributed by atoms with Gasteiger partial charge in [-0.1, -0.05) is 24.3 Å². The van der Waals surface area contributed by atoms with Crippen molar-refractivity contribution in [1.29, 1.82) is 0 Å². The molecular weight excluding hydrogens is 376 g/mol. The maximum atomic E-state index is 12.3. The van der Waals surface area contributed by atoms with Gasteiger partial charge in [-0.2, -0.15) is 8.42 Å². The normalized spacial score (nSPS) is 17.5.